The Bertz CT molecular complexity index is 337. The number of hydrogen-bond acceptors (Lipinski definition) is 2. The molecule has 3 heteroatoms. The first-order chi connectivity index (χ1) is 7.68. The van der Waals surface area contributed by atoms with Crippen LogP contribution < -0.4 is 5.32 Å². The van der Waals surface area contributed by atoms with Gasteiger partial charge >= 0.3 is 0 Å². The molecule has 1 fully saturated rings. The fourth-order valence-electron chi connectivity index (χ4n) is 2.31. The summed E-state index contributed by atoms with van der Waals surface area (Å²) in [6.45, 7) is 9.91. The van der Waals surface area contributed by atoms with Crippen LogP contribution in [0.25, 0.3) is 0 Å². The third-order valence-corrected chi connectivity index (χ3v) is 3.96. The lowest BCUT2D eigenvalue weighted by atomic mass is 9.92. The lowest BCUT2D eigenvalue weighted by Gasteiger charge is -2.21. The molecule has 2 rings (SSSR count). The van der Waals surface area contributed by atoms with Crippen LogP contribution in [0.1, 0.15) is 39.3 Å². The fourth-order valence-corrected chi connectivity index (χ4v) is 2.31. The molecule has 1 heterocycles. The van der Waals surface area contributed by atoms with Crippen molar-refractivity contribution in [2.75, 3.05) is 6.54 Å². The Hall–Kier alpha value is -0.830. The third kappa shape index (κ3) is 2.29. The van der Waals surface area contributed by atoms with Crippen LogP contribution in [0.4, 0.5) is 0 Å². The topological polar surface area (TPSA) is 29.9 Å². The molecule has 0 atom stereocenters. The average molecular weight is 221 g/mol. The molecule has 0 aliphatic heterocycles. The second kappa shape index (κ2) is 4.58. The Morgan fingerprint density at radius 3 is 2.81 bits per heavy atom. The minimum absolute atomic E-state index is 0.557. The highest BCUT2D eigenvalue weighted by Crippen LogP contribution is 2.53. The van der Waals surface area contributed by atoms with Crippen molar-refractivity contribution in [3.8, 4) is 0 Å². The highest BCUT2D eigenvalue weighted by molar-refractivity contribution is 5.03. The summed E-state index contributed by atoms with van der Waals surface area (Å²) in [5, 5.41) is 3.37. The molecule has 0 radical (unpaired) electrons. The molecule has 16 heavy (non-hydrogen) atoms. The minimum Gasteiger partial charge on any atom is -0.333 e. The number of rotatable bonds is 6. The van der Waals surface area contributed by atoms with Gasteiger partial charge in [0, 0.05) is 19.3 Å². The molecule has 0 bridgehead atoms. The quantitative estimate of drug-likeness (QED) is 0.799. The molecule has 1 aliphatic carbocycles. The SMILES string of the molecule is CCNCc1cncn1CC1(C(C)C)CC1. The van der Waals surface area contributed by atoms with Gasteiger partial charge < -0.3 is 9.88 Å². The van der Waals surface area contributed by atoms with E-state index >= 15 is 0 Å². The van der Waals surface area contributed by atoms with Gasteiger partial charge in [0.2, 0.25) is 0 Å². The van der Waals surface area contributed by atoms with E-state index in [-0.39, 0.29) is 0 Å². The molecule has 3 nitrogen and oxygen atoms in total. The van der Waals surface area contributed by atoms with Crippen LogP contribution in [-0.4, -0.2) is 16.1 Å². The van der Waals surface area contributed by atoms with E-state index < -0.39 is 0 Å². The average Bonchev–Trinajstić information content (AvgIpc) is 2.90. The van der Waals surface area contributed by atoms with Crippen molar-refractivity contribution >= 4 is 0 Å². The van der Waals surface area contributed by atoms with Gasteiger partial charge in [-0.3, -0.25) is 0 Å². The summed E-state index contributed by atoms with van der Waals surface area (Å²) in [5.41, 5.74) is 1.87. The van der Waals surface area contributed by atoms with E-state index in [0.717, 1.165) is 25.6 Å². The molecule has 1 N–H and O–H groups in total. The molecule has 0 aromatic carbocycles. The maximum absolute atomic E-state index is 4.27. The zero-order chi connectivity index (χ0) is 11.6. The van der Waals surface area contributed by atoms with E-state index in [1.807, 2.05) is 12.5 Å². The van der Waals surface area contributed by atoms with Crippen molar-refractivity contribution in [2.45, 2.75) is 46.7 Å². The first-order valence-electron chi connectivity index (χ1n) is 6.37. The lowest BCUT2D eigenvalue weighted by molar-refractivity contribution is 0.304. The molecule has 1 aromatic heterocycles. The van der Waals surface area contributed by atoms with Crippen molar-refractivity contribution in [2.24, 2.45) is 11.3 Å². The molecule has 1 aromatic rings. The van der Waals surface area contributed by atoms with E-state index in [1.54, 1.807) is 0 Å². The summed E-state index contributed by atoms with van der Waals surface area (Å²) in [6, 6.07) is 0. The number of nitrogens with one attached hydrogen (secondary N) is 1. The van der Waals surface area contributed by atoms with Gasteiger partial charge in [-0.15, -0.1) is 0 Å². The van der Waals surface area contributed by atoms with Gasteiger partial charge in [0.25, 0.3) is 0 Å². The first kappa shape index (κ1) is 11.6. The predicted octanol–water partition coefficient (Wildman–Crippen LogP) is 2.43. The van der Waals surface area contributed by atoms with Crippen LogP contribution in [0.5, 0.6) is 0 Å². The maximum atomic E-state index is 4.27. The standard InChI is InChI=1S/C13H23N3/c1-4-14-7-12-8-15-10-16(12)9-13(5-6-13)11(2)3/h8,10-11,14H,4-7,9H2,1-3H3. The van der Waals surface area contributed by atoms with Gasteiger partial charge in [0.15, 0.2) is 0 Å². The normalized spacial score (nSPS) is 18.0. The maximum Gasteiger partial charge on any atom is 0.0948 e. The van der Waals surface area contributed by atoms with Gasteiger partial charge in [0.05, 0.1) is 12.0 Å². The second-order valence-electron chi connectivity index (χ2n) is 5.31. The summed E-state index contributed by atoms with van der Waals surface area (Å²) >= 11 is 0. The first-order valence-corrected chi connectivity index (χ1v) is 6.37. The number of imidazole rings is 1. The van der Waals surface area contributed by atoms with Crippen LogP contribution in [-0.2, 0) is 13.1 Å². The summed E-state index contributed by atoms with van der Waals surface area (Å²) in [5.74, 6) is 0.780. The summed E-state index contributed by atoms with van der Waals surface area (Å²) in [7, 11) is 0. The van der Waals surface area contributed by atoms with Gasteiger partial charge in [-0.05, 0) is 30.7 Å². The van der Waals surface area contributed by atoms with Crippen LogP contribution in [0.15, 0.2) is 12.5 Å². The summed E-state index contributed by atoms with van der Waals surface area (Å²) in [6.07, 6.45) is 6.72. The van der Waals surface area contributed by atoms with Crippen LogP contribution in [0.3, 0.4) is 0 Å². The third-order valence-electron chi connectivity index (χ3n) is 3.96. The van der Waals surface area contributed by atoms with Crippen molar-refractivity contribution in [3.63, 3.8) is 0 Å². The Balaban J connectivity index is 2.01. The van der Waals surface area contributed by atoms with E-state index in [2.05, 4.69) is 35.6 Å². The highest BCUT2D eigenvalue weighted by Gasteiger charge is 2.45. The van der Waals surface area contributed by atoms with Crippen LogP contribution in [0.2, 0.25) is 0 Å². The summed E-state index contributed by atoms with van der Waals surface area (Å²) in [4.78, 5) is 4.27. The van der Waals surface area contributed by atoms with Crippen LogP contribution in [0, 0.1) is 11.3 Å². The van der Waals surface area contributed by atoms with Gasteiger partial charge in [-0.25, -0.2) is 4.98 Å². The van der Waals surface area contributed by atoms with Crippen molar-refractivity contribution in [1.82, 2.24) is 14.9 Å². The Morgan fingerprint density at radius 1 is 1.50 bits per heavy atom. The van der Waals surface area contributed by atoms with Gasteiger partial charge in [-0.2, -0.15) is 0 Å². The molecule has 90 valence electrons. The van der Waals surface area contributed by atoms with E-state index in [1.165, 1.54) is 18.5 Å². The van der Waals surface area contributed by atoms with E-state index in [0.29, 0.717) is 5.41 Å². The number of hydrogen-bond donors (Lipinski definition) is 1. The Labute approximate surface area is 98.3 Å². The molecule has 0 unspecified atom stereocenters. The fraction of sp³-hybridized carbons (Fsp3) is 0.769. The largest absolute Gasteiger partial charge is 0.333 e. The molecule has 0 amide bonds. The van der Waals surface area contributed by atoms with Gasteiger partial charge in [0.1, 0.15) is 0 Å². The van der Waals surface area contributed by atoms with Gasteiger partial charge in [-0.1, -0.05) is 20.8 Å². The highest BCUT2D eigenvalue weighted by atomic mass is 15.1. The monoisotopic (exact) mass is 221 g/mol. The number of nitrogens with zero attached hydrogens (tertiary/aromatic N) is 2. The van der Waals surface area contributed by atoms with E-state index in [9.17, 15) is 0 Å². The second-order valence-corrected chi connectivity index (χ2v) is 5.31. The molecular formula is C13H23N3. The molecule has 0 spiro atoms. The van der Waals surface area contributed by atoms with Crippen LogP contribution >= 0.6 is 0 Å². The Kier molecular flexibility index (Phi) is 3.33. The molecular weight excluding hydrogens is 198 g/mol. The molecule has 1 saturated carbocycles. The Morgan fingerprint density at radius 2 is 2.25 bits per heavy atom. The zero-order valence-corrected chi connectivity index (χ0v) is 10.7. The molecule has 0 saturated heterocycles. The molecule has 1 aliphatic rings. The minimum atomic E-state index is 0.557. The smallest absolute Gasteiger partial charge is 0.0948 e. The van der Waals surface area contributed by atoms with E-state index in [4.69, 9.17) is 0 Å². The van der Waals surface area contributed by atoms with Crippen molar-refractivity contribution in [1.29, 1.82) is 0 Å². The van der Waals surface area contributed by atoms with Crippen molar-refractivity contribution < 1.29 is 0 Å². The summed E-state index contributed by atoms with van der Waals surface area (Å²) < 4.78 is 2.33. The lowest BCUT2D eigenvalue weighted by Crippen LogP contribution is -2.21. The zero-order valence-electron chi connectivity index (χ0n) is 10.7. The van der Waals surface area contributed by atoms with Crippen molar-refractivity contribution in [3.05, 3.63) is 18.2 Å². The number of aromatic nitrogens is 2. The predicted molar refractivity (Wildman–Crippen MR) is 66.1 cm³/mol.